The number of aryl methyl sites for hydroxylation is 2. The molecule has 0 fully saturated rings. The van der Waals surface area contributed by atoms with Crippen molar-refractivity contribution in [2.45, 2.75) is 20.3 Å². The van der Waals surface area contributed by atoms with Crippen molar-refractivity contribution in [3.63, 3.8) is 0 Å². The van der Waals surface area contributed by atoms with Gasteiger partial charge in [0.1, 0.15) is 12.1 Å². The minimum Gasteiger partial charge on any atom is -0.434 e. The lowest BCUT2D eigenvalue weighted by Gasteiger charge is -2.10. The van der Waals surface area contributed by atoms with E-state index in [-0.39, 0.29) is 17.4 Å². The molecule has 2 aromatic carbocycles. The summed E-state index contributed by atoms with van der Waals surface area (Å²) in [6.07, 6.45) is 1.98. The van der Waals surface area contributed by atoms with Gasteiger partial charge in [0.05, 0.1) is 4.92 Å². The first kappa shape index (κ1) is 18.3. The molecule has 27 heavy (non-hydrogen) atoms. The van der Waals surface area contributed by atoms with E-state index < -0.39 is 4.92 Å². The number of hydrogen-bond acceptors (Lipinski definition) is 6. The predicted molar refractivity (Wildman–Crippen MR) is 103 cm³/mol. The van der Waals surface area contributed by atoms with Gasteiger partial charge in [0.25, 0.3) is 0 Å². The Morgan fingerprint density at radius 2 is 1.78 bits per heavy atom. The standard InChI is InChI=1S/C20H20N4O3/c1-14-10-15(2)12-17(11-14)27-20-18(24(25)26)19(22-13-23-20)21-9-8-16-6-4-3-5-7-16/h3-7,10-13H,8-9H2,1-2H3,(H,21,22,23). The molecule has 0 unspecified atom stereocenters. The number of nitrogens with one attached hydrogen (secondary N) is 1. The van der Waals surface area contributed by atoms with Crippen molar-refractivity contribution in [3.05, 3.63) is 81.7 Å². The zero-order chi connectivity index (χ0) is 19.2. The summed E-state index contributed by atoms with van der Waals surface area (Å²) < 4.78 is 5.70. The van der Waals surface area contributed by atoms with E-state index in [4.69, 9.17) is 4.74 Å². The van der Waals surface area contributed by atoms with Crippen LogP contribution in [0.4, 0.5) is 11.5 Å². The van der Waals surface area contributed by atoms with E-state index in [0.29, 0.717) is 12.3 Å². The number of aromatic nitrogens is 2. The summed E-state index contributed by atoms with van der Waals surface area (Å²) in [6.45, 7) is 4.38. The molecule has 0 saturated heterocycles. The number of anilines is 1. The van der Waals surface area contributed by atoms with Crippen molar-refractivity contribution in [1.82, 2.24) is 9.97 Å². The minimum atomic E-state index is -0.525. The molecular weight excluding hydrogens is 344 g/mol. The first-order chi connectivity index (χ1) is 13.0. The molecule has 7 heteroatoms. The molecule has 7 nitrogen and oxygen atoms in total. The van der Waals surface area contributed by atoms with E-state index in [0.717, 1.165) is 23.1 Å². The van der Waals surface area contributed by atoms with Crippen molar-refractivity contribution >= 4 is 11.5 Å². The molecule has 0 aliphatic rings. The van der Waals surface area contributed by atoms with Crippen LogP contribution in [0.25, 0.3) is 0 Å². The van der Waals surface area contributed by atoms with Gasteiger partial charge in [0, 0.05) is 6.54 Å². The Morgan fingerprint density at radius 1 is 1.07 bits per heavy atom. The van der Waals surface area contributed by atoms with Crippen LogP contribution in [0.1, 0.15) is 16.7 Å². The Hall–Kier alpha value is -3.48. The van der Waals surface area contributed by atoms with Crippen LogP contribution in [0, 0.1) is 24.0 Å². The third-order valence-electron chi connectivity index (χ3n) is 3.93. The van der Waals surface area contributed by atoms with Gasteiger partial charge in [0.2, 0.25) is 5.82 Å². The van der Waals surface area contributed by atoms with Crippen LogP contribution in [0.5, 0.6) is 11.6 Å². The molecule has 1 heterocycles. The highest BCUT2D eigenvalue weighted by Gasteiger charge is 2.25. The molecule has 3 rings (SSSR count). The molecule has 138 valence electrons. The number of nitrogens with zero attached hydrogens (tertiary/aromatic N) is 3. The average molecular weight is 364 g/mol. The maximum absolute atomic E-state index is 11.6. The van der Waals surface area contributed by atoms with Gasteiger partial charge in [-0.3, -0.25) is 10.1 Å². The van der Waals surface area contributed by atoms with E-state index in [1.54, 1.807) is 12.1 Å². The minimum absolute atomic E-state index is 0.0813. The number of nitro groups is 1. The number of ether oxygens (including phenoxy) is 1. The van der Waals surface area contributed by atoms with Crippen LogP contribution >= 0.6 is 0 Å². The average Bonchev–Trinajstić information content (AvgIpc) is 2.61. The van der Waals surface area contributed by atoms with Gasteiger partial charge >= 0.3 is 11.6 Å². The number of benzene rings is 2. The van der Waals surface area contributed by atoms with Crippen LogP contribution in [-0.4, -0.2) is 21.4 Å². The van der Waals surface area contributed by atoms with Crippen molar-refractivity contribution in [2.75, 3.05) is 11.9 Å². The van der Waals surface area contributed by atoms with Crippen molar-refractivity contribution < 1.29 is 9.66 Å². The predicted octanol–water partition coefficient (Wildman–Crippen LogP) is 4.45. The quantitative estimate of drug-likeness (QED) is 0.492. The second-order valence-electron chi connectivity index (χ2n) is 6.22. The van der Waals surface area contributed by atoms with Gasteiger partial charge in [-0.05, 0) is 49.1 Å². The lowest BCUT2D eigenvalue weighted by atomic mass is 10.1. The fourth-order valence-corrected chi connectivity index (χ4v) is 2.80. The third-order valence-corrected chi connectivity index (χ3v) is 3.93. The fraction of sp³-hybridized carbons (Fsp3) is 0.200. The lowest BCUT2D eigenvalue weighted by Crippen LogP contribution is -2.10. The van der Waals surface area contributed by atoms with Crippen LogP contribution in [0.2, 0.25) is 0 Å². The van der Waals surface area contributed by atoms with Crippen molar-refractivity contribution in [1.29, 1.82) is 0 Å². The monoisotopic (exact) mass is 364 g/mol. The summed E-state index contributed by atoms with van der Waals surface area (Å²) in [5.41, 5.74) is 2.86. The van der Waals surface area contributed by atoms with Crippen molar-refractivity contribution in [3.8, 4) is 11.6 Å². The Labute approximate surface area is 157 Å². The molecule has 0 atom stereocenters. The number of hydrogen-bond donors (Lipinski definition) is 1. The highest BCUT2D eigenvalue weighted by Crippen LogP contribution is 2.34. The van der Waals surface area contributed by atoms with E-state index >= 15 is 0 Å². The van der Waals surface area contributed by atoms with Gasteiger partial charge in [-0.25, -0.2) is 4.98 Å². The second kappa shape index (κ2) is 8.27. The van der Waals surface area contributed by atoms with E-state index in [1.807, 2.05) is 50.2 Å². The van der Waals surface area contributed by atoms with Crippen LogP contribution < -0.4 is 10.1 Å². The zero-order valence-electron chi connectivity index (χ0n) is 15.2. The van der Waals surface area contributed by atoms with Crippen molar-refractivity contribution in [2.24, 2.45) is 0 Å². The Kier molecular flexibility index (Phi) is 5.61. The van der Waals surface area contributed by atoms with Crippen LogP contribution in [0.15, 0.2) is 54.9 Å². The van der Waals surface area contributed by atoms with Gasteiger partial charge in [0.15, 0.2) is 0 Å². The van der Waals surface area contributed by atoms with E-state index in [2.05, 4.69) is 15.3 Å². The molecule has 1 N–H and O–H groups in total. The second-order valence-corrected chi connectivity index (χ2v) is 6.22. The molecule has 1 aromatic heterocycles. The molecule has 3 aromatic rings. The maximum Gasteiger partial charge on any atom is 0.373 e. The van der Waals surface area contributed by atoms with E-state index in [9.17, 15) is 10.1 Å². The first-order valence-corrected chi connectivity index (χ1v) is 8.56. The molecule has 0 amide bonds. The largest absolute Gasteiger partial charge is 0.434 e. The lowest BCUT2D eigenvalue weighted by molar-refractivity contribution is -0.385. The molecule has 0 radical (unpaired) electrons. The molecule has 0 spiro atoms. The Balaban J connectivity index is 1.80. The SMILES string of the molecule is Cc1cc(C)cc(Oc2ncnc(NCCc3ccccc3)c2[N+](=O)[O-])c1. The summed E-state index contributed by atoms with van der Waals surface area (Å²) in [4.78, 5) is 19.1. The molecular formula is C20H20N4O3. The molecule has 0 saturated carbocycles. The summed E-state index contributed by atoms with van der Waals surface area (Å²) in [6, 6.07) is 15.5. The molecule has 0 aliphatic carbocycles. The maximum atomic E-state index is 11.6. The summed E-state index contributed by atoms with van der Waals surface area (Å²) in [5.74, 6) is 0.567. The smallest absolute Gasteiger partial charge is 0.373 e. The summed E-state index contributed by atoms with van der Waals surface area (Å²) in [7, 11) is 0. The van der Waals surface area contributed by atoms with E-state index in [1.165, 1.54) is 6.33 Å². The van der Waals surface area contributed by atoms with Crippen LogP contribution in [-0.2, 0) is 6.42 Å². The first-order valence-electron chi connectivity index (χ1n) is 8.56. The fourth-order valence-electron chi connectivity index (χ4n) is 2.80. The Morgan fingerprint density at radius 3 is 2.44 bits per heavy atom. The van der Waals surface area contributed by atoms with Crippen LogP contribution in [0.3, 0.4) is 0 Å². The van der Waals surface area contributed by atoms with Gasteiger partial charge < -0.3 is 10.1 Å². The zero-order valence-corrected chi connectivity index (χ0v) is 15.2. The molecule has 0 aliphatic heterocycles. The van der Waals surface area contributed by atoms with Gasteiger partial charge in [-0.2, -0.15) is 4.98 Å². The molecule has 0 bridgehead atoms. The normalized spacial score (nSPS) is 10.4. The summed E-state index contributed by atoms with van der Waals surface area (Å²) >= 11 is 0. The third kappa shape index (κ3) is 4.78. The highest BCUT2D eigenvalue weighted by atomic mass is 16.6. The topological polar surface area (TPSA) is 90.2 Å². The van der Waals surface area contributed by atoms with Gasteiger partial charge in [-0.1, -0.05) is 36.4 Å². The highest BCUT2D eigenvalue weighted by molar-refractivity contribution is 5.62. The summed E-state index contributed by atoms with van der Waals surface area (Å²) in [5, 5.41) is 14.6. The van der Waals surface area contributed by atoms with Gasteiger partial charge in [-0.15, -0.1) is 0 Å². The Bertz CT molecular complexity index is 925. The number of rotatable bonds is 7.